The van der Waals surface area contributed by atoms with Gasteiger partial charge in [-0.25, -0.2) is 0 Å². The predicted molar refractivity (Wildman–Crippen MR) is 128 cm³/mol. The highest BCUT2D eigenvalue weighted by Gasteiger charge is 2.26. The van der Waals surface area contributed by atoms with Crippen molar-refractivity contribution in [2.24, 2.45) is 0 Å². The Bertz CT molecular complexity index is 1350. The number of amides is 1. The minimum Gasteiger partial charge on any atom is -0.451 e. The molecule has 1 aliphatic rings. The van der Waals surface area contributed by atoms with E-state index >= 15 is 0 Å². The third-order valence-corrected chi connectivity index (χ3v) is 6.37. The number of hydrogen-bond donors (Lipinski definition) is 0. The molecule has 0 spiro atoms. The van der Waals surface area contributed by atoms with Crippen LogP contribution >= 0.6 is 15.9 Å². The summed E-state index contributed by atoms with van der Waals surface area (Å²) in [6.45, 7) is 1.56. The van der Waals surface area contributed by atoms with Crippen molar-refractivity contribution in [2.45, 2.75) is 25.5 Å². The maximum absolute atomic E-state index is 13.6. The summed E-state index contributed by atoms with van der Waals surface area (Å²) < 4.78 is 12.5. The molecule has 1 aromatic heterocycles. The number of rotatable bonds is 5. The predicted octanol–water partition coefficient (Wildman–Crippen LogP) is 5.53. The Morgan fingerprint density at radius 2 is 1.88 bits per heavy atom. The molecule has 5 nitrogen and oxygen atoms in total. The summed E-state index contributed by atoms with van der Waals surface area (Å²) >= 11 is 3.37. The topological polar surface area (TPSA) is 59.8 Å². The van der Waals surface area contributed by atoms with Crippen molar-refractivity contribution in [1.29, 1.82) is 0 Å². The van der Waals surface area contributed by atoms with E-state index < -0.39 is 0 Å². The fourth-order valence-corrected chi connectivity index (χ4v) is 4.64. The molecular formula is C26H22BrNO4. The minimum absolute atomic E-state index is 0.0166. The van der Waals surface area contributed by atoms with Gasteiger partial charge in [0.1, 0.15) is 5.58 Å². The van der Waals surface area contributed by atoms with Crippen molar-refractivity contribution in [3.8, 4) is 0 Å². The van der Waals surface area contributed by atoms with Gasteiger partial charge >= 0.3 is 0 Å². The van der Waals surface area contributed by atoms with Crippen LogP contribution in [-0.4, -0.2) is 30.1 Å². The van der Waals surface area contributed by atoms with E-state index in [2.05, 4.69) is 34.1 Å². The standard InChI is InChI=1S/C26H22BrNO4/c27-19-10-11-24-22(13-19)23(29)14-25(32-24)26(30)28(16-20-8-4-12-31-20)15-18-7-3-6-17-5-1-2-9-21(17)18/h1-3,5-7,9-11,13-14,20H,4,8,12,15-16H2/t20-/m0/s1. The van der Waals surface area contributed by atoms with Gasteiger partial charge in [0.05, 0.1) is 11.5 Å². The zero-order valence-corrected chi connectivity index (χ0v) is 19.0. The van der Waals surface area contributed by atoms with Crippen LogP contribution in [0.2, 0.25) is 0 Å². The fourth-order valence-electron chi connectivity index (χ4n) is 4.28. The summed E-state index contributed by atoms with van der Waals surface area (Å²) in [6, 6.07) is 20.7. The first-order valence-corrected chi connectivity index (χ1v) is 11.5. The number of ether oxygens (including phenoxy) is 1. The van der Waals surface area contributed by atoms with Crippen molar-refractivity contribution in [1.82, 2.24) is 4.90 Å². The second-order valence-corrected chi connectivity index (χ2v) is 8.99. The molecule has 1 aliphatic heterocycles. The molecule has 0 N–H and O–H groups in total. The van der Waals surface area contributed by atoms with Crippen LogP contribution in [0.4, 0.5) is 0 Å². The Hall–Kier alpha value is -2.96. The van der Waals surface area contributed by atoms with Crippen LogP contribution in [-0.2, 0) is 11.3 Å². The van der Waals surface area contributed by atoms with Crippen LogP contribution in [0.15, 0.2) is 80.4 Å². The van der Waals surface area contributed by atoms with Crippen molar-refractivity contribution in [2.75, 3.05) is 13.2 Å². The molecule has 162 valence electrons. The Kier molecular flexibility index (Phi) is 5.81. The molecule has 0 saturated carbocycles. The molecule has 0 unspecified atom stereocenters. The molecule has 0 aliphatic carbocycles. The molecule has 1 amide bonds. The Labute approximate surface area is 193 Å². The Morgan fingerprint density at radius 3 is 2.72 bits per heavy atom. The van der Waals surface area contributed by atoms with Crippen molar-refractivity contribution >= 4 is 43.6 Å². The van der Waals surface area contributed by atoms with E-state index in [-0.39, 0.29) is 23.2 Å². The van der Waals surface area contributed by atoms with Crippen LogP contribution in [0.5, 0.6) is 0 Å². The van der Waals surface area contributed by atoms with Crippen LogP contribution in [0.25, 0.3) is 21.7 Å². The van der Waals surface area contributed by atoms with Crippen LogP contribution in [0.1, 0.15) is 29.0 Å². The summed E-state index contributed by atoms with van der Waals surface area (Å²) in [6.07, 6.45) is 1.88. The molecule has 5 rings (SSSR count). The van der Waals surface area contributed by atoms with Gasteiger partial charge in [0.15, 0.2) is 11.2 Å². The number of hydrogen-bond acceptors (Lipinski definition) is 4. The summed E-state index contributed by atoms with van der Waals surface area (Å²) in [5.74, 6) is -0.265. The molecule has 1 saturated heterocycles. The molecule has 0 bridgehead atoms. The van der Waals surface area contributed by atoms with E-state index in [9.17, 15) is 9.59 Å². The lowest BCUT2D eigenvalue weighted by atomic mass is 10.0. The molecule has 0 radical (unpaired) electrons. The van der Waals surface area contributed by atoms with Gasteiger partial charge in [0.2, 0.25) is 0 Å². The Morgan fingerprint density at radius 1 is 1.03 bits per heavy atom. The van der Waals surface area contributed by atoms with E-state index in [4.69, 9.17) is 9.15 Å². The first kappa shape index (κ1) is 20.9. The molecule has 4 aromatic rings. The fraction of sp³-hybridized carbons (Fsp3) is 0.231. The summed E-state index contributed by atoms with van der Waals surface area (Å²) in [5.41, 5.74) is 1.20. The quantitative estimate of drug-likeness (QED) is 0.368. The molecule has 2 heterocycles. The normalized spacial score (nSPS) is 16.0. The van der Waals surface area contributed by atoms with Gasteiger partial charge < -0.3 is 14.1 Å². The SMILES string of the molecule is O=C(c1cc(=O)c2cc(Br)ccc2o1)N(Cc1cccc2ccccc12)C[C@@H]1CCCO1. The highest BCUT2D eigenvalue weighted by atomic mass is 79.9. The largest absolute Gasteiger partial charge is 0.451 e. The van der Waals surface area contributed by atoms with E-state index in [0.29, 0.717) is 30.7 Å². The van der Waals surface area contributed by atoms with Gasteiger partial charge in [-0.15, -0.1) is 0 Å². The lowest BCUT2D eigenvalue weighted by Gasteiger charge is -2.25. The number of halogens is 1. The van der Waals surface area contributed by atoms with Crippen LogP contribution in [0.3, 0.4) is 0 Å². The molecule has 1 atom stereocenters. The Balaban J connectivity index is 1.52. The lowest BCUT2D eigenvalue weighted by Crippen LogP contribution is -2.37. The number of nitrogens with zero attached hydrogens (tertiary/aromatic N) is 1. The van der Waals surface area contributed by atoms with Gasteiger partial charge in [-0.2, -0.15) is 0 Å². The third kappa shape index (κ3) is 4.20. The molecule has 1 fully saturated rings. The second-order valence-electron chi connectivity index (χ2n) is 8.07. The monoisotopic (exact) mass is 491 g/mol. The number of benzene rings is 3. The van der Waals surface area contributed by atoms with Crippen LogP contribution < -0.4 is 5.43 Å². The first-order valence-electron chi connectivity index (χ1n) is 10.7. The average molecular weight is 492 g/mol. The van der Waals surface area contributed by atoms with Gasteiger partial charge in [0.25, 0.3) is 5.91 Å². The highest BCUT2D eigenvalue weighted by molar-refractivity contribution is 9.10. The van der Waals surface area contributed by atoms with Gasteiger partial charge in [-0.3, -0.25) is 9.59 Å². The van der Waals surface area contributed by atoms with Crippen LogP contribution in [0, 0.1) is 0 Å². The maximum atomic E-state index is 13.6. The van der Waals surface area contributed by atoms with Gasteiger partial charge in [-0.1, -0.05) is 58.4 Å². The molecule has 32 heavy (non-hydrogen) atoms. The average Bonchev–Trinajstić information content (AvgIpc) is 3.32. The van der Waals surface area contributed by atoms with Crippen molar-refractivity contribution in [3.05, 3.63) is 92.7 Å². The molecule has 3 aromatic carbocycles. The first-order chi connectivity index (χ1) is 15.6. The van der Waals surface area contributed by atoms with E-state index in [1.54, 1.807) is 23.1 Å². The lowest BCUT2D eigenvalue weighted by molar-refractivity contribution is 0.0485. The van der Waals surface area contributed by atoms with E-state index in [1.807, 2.05) is 24.3 Å². The number of carbonyl (C=O) groups excluding carboxylic acids is 1. The smallest absolute Gasteiger partial charge is 0.290 e. The van der Waals surface area contributed by atoms with E-state index in [1.165, 1.54) is 6.07 Å². The molecular weight excluding hydrogens is 470 g/mol. The highest BCUT2D eigenvalue weighted by Crippen LogP contribution is 2.24. The summed E-state index contributed by atoms with van der Waals surface area (Å²) in [7, 11) is 0. The maximum Gasteiger partial charge on any atom is 0.290 e. The zero-order chi connectivity index (χ0) is 22.1. The third-order valence-electron chi connectivity index (χ3n) is 5.88. The summed E-state index contributed by atoms with van der Waals surface area (Å²) in [4.78, 5) is 28.0. The van der Waals surface area contributed by atoms with Gasteiger partial charge in [-0.05, 0) is 47.4 Å². The number of carbonyl (C=O) groups is 1. The number of fused-ring (bicyclic) bond motifs is 2. The van der Waals surface area contributed by atoms with Crippen molar-refractivity contribution in [3.63, 3.8) is 0 Å². The second kappa shape index (κ2) is 8.88. The van der Waals surface area contributed by atoms with Crippen molar-refractivity contribution < 1.29 is 13.9 Å². The van der Waals surface area contributed by atoms with Gasteiger partial charge in [0, 0.05) is 30.2 Å². The minimum atomic E-state index is -0.310. The summed E-state index contributed by atoms with van der Waals surface area (Å²) in [5, 5.41) is 2.66. The zero-order valence-electron chi connectivity index (χ0n) is 17.4. The van der Waals surface area contributed by atoms with E-state index in [0.717, 1.165) is 33.7 Å². The molecule has 6 heteroatoms.